The summed E-state index contributed by atoms with van der Waals surface area (Å²) in [5.41, 5.74) is 6.63. The van der Waals surface area contributed by atoms with Crippen LogP contribution in [0.5, 0.6) is 0 Å². The lowest BCUT2D eigenvalue weighted by Gasteiger charge is -2.09. The molecule has 13 heavy (non-hydrogen) atoms. The van der Waals surface area contributed by atoms with Crippen molar-refractivity contribution in [2.45, 2.75) is 13.8 Å². The number of hydrogen-bond acceptors (Lipinski definition) is 2. The third kappa shape index (κ3) is 4.25. The molecule has 0 heterocycles. The van der Waals surface area contributed by atoms with E-state index in [1.54, 1.807) is 6.08 Å². The van der Waals surface area contributed by atoms with Crippen LogP contribution in [0.25, 0.3) is 0 Å². The van der Waals surface area contributed by atoms with Crippen molar-refractivity contribution in [2.75, 3.05) is 6.54 Å². The topological polar surface area (TPSA) is 50.7 Å². The molecule has 0 fully saturated rings. The van der Waals surface area contributed by atoms with Crippen LogP contribution < -0.4 is 5.73 Å². The van der Waals surface area contributed by atoms with Crippen LogP contribution in [0.1, 0.15) is 13.8 Å². The Morgan fingerprint density at radius 1 is 1.54 bits per heavy atom. The lowest BCUT2D eigenvalue weighted by atomic mass is 10.1. The molecular weight excluding hydrogens is 162 g/mol. The summed E-state index contributed by atoms with van der Waals surface area (Å²) in [6.07, 6.45) is 3.18. The zero-order valence-corrected chi connectivity index (χ0v) is 8.33. The second-order valence-corrected chi connectivity index (χ2v) is 2.73. The quantitative estimate of drug-likeness (QED) is 0.390. The smallest absolute Gasteiger partial charge is 0.107 e. The molecule has 0 spiro atoms. The molecule has 0 aliphatic carbocycles. The molecule has 0 aromatic heterocycles. The van der Waals surface area contributed by atoms with Gasteiger partial charge in [-0.1, -0.05) is 19.6 Å². The van der Waals surface area contributed by atoms with Crippen LogP contribution in [0, 0.1) is 5.92 Å². The minimum atomic E-state index is 0.0675. The second kappa shape index (κ2) is 6.17. The predicted molar refractivity (Wildman–Crippen MR) is 59.2 cm³/mol. The fourth-order valence-corrected chi connectivity index (χ4v) is 0.777. The number of nitrogens with zero attached hydrogens (tertiary/aromatic N) is 2. The monoisotopic (exact) mass is 179 g/mol. The van der Waals surface area contributed by atoms with Crippen molar-refractivity contribution in [2.24, 2.45) is 21.6 Å². The first-order valence-corrected chi connectivity index (χ1v) is 4.19. The van der Waals surface area contributed by atoms with Crippen LogP contribution in [0.15, 0.2) is 35.4 Å². The molecule has 0 radical (unpaired) electrons. The molecule has 0 amide bonds. The Kier molecular flexibility index (Phi) is 5.52. The van der Waals surface area contributed by atoms with Gasteiger partial charge in [0, 0.05) is 11.9 Å². The van der Waals surface area contributed by atoms with Gasteiger partial charge in [-0.25, -0.2) is 4.99 Å². The Morgan fingerprint density at radius 2 is 2.15 bits per heavy atom. The van der Waals surface area contributed by atoms with E-state index in [2.05, 4.69) is 23.1 Å². The van der Waals surface area contributed by atoms with Gasteiger partial charge in [0.2, 0.25) is 0 Å². The van der Waals surface area contributed by atoms with Gasteiger partial charge in [-0.15, -0.1) is 6.58 Å². The van der Waals surface area contributed by atoms with Gasteiger partial charge in [0.25, 0.3) is 0 Å². The van der Waals surface area contributed by atoms with Gasteiger partial charge in [-0.3, -0.25) is 4.99 Å². The largest absolute Gasteiger partial charge is 0.387 e. The molecule has 0 saturated carbocycles. The zero-order chi connectivity index (χ0) is 10.3. The molecular formula is C10H17N3. The number of rotatable bonds is 5. The van der Waals surface area contributed by atoms with Gasteiger partial charge in [0.15, 0.2) is 0 Å². The maximum absolute atomic E-state index is 5.67. The summed E-state index contributed by atoms with van der Waals surface area (Å²) >= 11 is 0. The van der Waals surface area contributed by atoms with E-state index >= 15 is 0 Å². The van der Waals surface area contributed by atoms with Crippen LogP contribution in [-0.2, 0) is 0 Å². The van der Waals surface area contributed by atoms with Gasteiger partial charge in [-0.05, 0) is 6.92 Å². The van der Waals surface area contributed by atoms with E-state index in [1.165, 1.54) is 6.20 Å². The van der Waals surface area contributed by atoms with Crippen LogP contribution in [0.3, 0.4) is 0 Å². The molecule has 0 aromatic carbocycles. The minimum absolute atomic E-state index is 0.0675. The van der Waals surface area contributed by atoms with E-state index in [4.69, 9.17) is 5.73 Å². The summed E-state index contributed by atoms with van der Waals surface area (Å²) in [5, 5.41) is 0. The highest BCUT2D eigenvalue weighted by Gasteiger charge is 2.08. The average Bonchev–Trinajstić information content (AvgIpc) is 2.13. The first-order chi connectivity index (χ1) is 6.13. The third-order valence-corrected chi connectivity index (χ3v) is 1.78. The Balaban J connectivity index is 4.40. The fourth-order valence-electron chi connectivity index (χ4n) is 0.777. The molecule has 1 unspecified atom stereocenters. The zero-order valence-electron chi connectivity index (χ0n) is 8.33. The average molecular weight is 179 g/mol. The van der Waals surface area contributed by atoms with Gasteiger partial charge in [0.1, 0.15) is 5.84 Å². The minimum Gasteiger partial charge on any atom is -0.387 e. The first-order valence-electron chi connectivity index (χ1n) is 4.19. The molecule has 0 aliphatic rings. The van der Waals surface area contributed by atoms with Gasteiger partial charge in [0.05, 0.1) is 12.5 Å². The van der Waals surface area contributed by atoms with Gasteiger partial charge >= 0.3 is 0 Å². The summed E-state index contributed by atoms with van der Waals surface area (Å²) in [6, 6.07) is 0. The number of nitrogens with two attached hydrogens (primary N) is 1. The normalized spacial score (nSPS) is 15.2. The summed E-state index contributed by atoms with van der Waals surface area (Å²) in [7, 11) is 0. The Hall–Kier alpha value is -1.38. The van der Waals surface area contributed by atoms with E-state index in [0.29, 0.717) is 12.4 Å². The summed E-state index contributed by atoms with van der Waals surface area (Å²) in [4.78, 5) is 8.15. The second-order valence-electron chi connectivity index (χ2n) is 2.73. The summed E-state index contributed by atoms with van der Waals surface area (Å²) in [6.45, 7) is 11.6. The Morgan fingerprint density at radius 3 is 2.62 bits per heavy atom. The molecule has 3 nitrogen and oxygen atoms in total. The Labute approximate surface area is 79.8 Å². The standard InChI is InChI=1S/C10H17N3/c1-5-7-13-9(4)8(3)10(11)12-6-2/h5-6,8H,1-2,7H2,3-4H3,(H2,11,12). The molecule has 1 atom stereocenters. The van der Waals surface area contributed by atoms with Crippen molar-refractivity contribution < 1.29 is 0 Å². The molecule has 72 valence electrons. The first kappa shape index (κ1) is 11.6. The fraction of sp³-hybridized carbons (Fsp3) is 0.400. The molecule has 3 heteroatoms. The van der Waals surface area contributed by atoms with Crippen molar-refractivity contribution in [1.29, 1.82) is 0 Å². The molecule has 0 rings (SSSR count). The highest BCUT2D eigenvalue weighted by Crippen LogP contribution is 1.99. The van der Waals surface area contributed by atoms with Crippen molar-refractivity contribution in [3.63, 3.8) is 0 Å². The maximum Gasteiger partial charge on any atom is 0.107 e. The van der Waals surface area contributed by atoms with Gasteiger partial charge in [-0.2, -0.15) is 0 Å². The lowest BCUT2D eigenvalue weighted by Crippen LogP contribution is -2.26. The van der Waals surface area contributed by atoms with Crippen LogP contribution in [0.2, 0.25) is 0 Å². The van der Waals surface area contributed by atoms with E-state index in [1.807, 2.05) is 13.8 Å². The van der Waals surface area contributed by atoms with Crippen molar-refractivity contribution in [3.8, 4) is 0 Å². The predicted octanol–water partition coefficient (Wildman–Crippen LogP) is 1.77. The maximum atomic E-state index is 5.67. The number of aliphatic imine (C=N–C) groups is 2. The van der Waals surface area contributed by atoms with Crippen LogP contribution in [-0.4, -0.2) is 18.1 Å². The highest BCUT2D eigenvalue weighted by molar-refractivity contribution is 6.04. The summed E-state index contributed by atoms with van der Waals surface area (Å²) in [5.74, 6) is 0.610. The Bertz CT molecular complexity index is 239. The van der Waals surface area contributed by atoms with E-state index in [0.717, 1.165) is 5.71 Å². The molecule has 0 aromatic rings. The molecule has 2 N–H and O–H groups in total. The molecule has 0 aliphatic heterocycles. The van der Waals surface area contributed by atoms with Crippen molar-refractivity contribution in [3.05, 3.63) is 25.4 Å². The van der Waals surface area contributed by atoms with E-state index in [9.17, 15) is 0 Å². The number of hydrogen-bond donors (Lipinski definition) is 1. The summed E-state index contributed by atoms with van der Waals surface area (Å²) < 4.78 is 0. The third-order valence-electron chi connectivity index (χ3n) is 1.78. The van der Waals surface area contributed by atoms with Crippen LogP contribution >= 0.6 is 0 Å². The molecule has 0 saturated heterocycles. The number of amidine groups is 1. The molecule has 0 bridgehead atoms. The lowest BCUT2D eigenvalue weighted by molar-refractivity contribution is 1.01. The van der Waals surface area contributed by atoms with Crippen molar-refractivity contribution >= 4 is 11.5 Å². The van der Waals surface area contributed by atoms with E-state index in [-0.39, 0.29) is 5.92 Å². The van der Waals surface area contributed by atoms with Gasteiger partial charge < -0.3 is 5.73 Å². The van der Waals surface area contributed by atoms with Crippen LogP contribution in [0.4, 0.5) is 0 Å². The SMILES string of the molecule is C=CCN=C(C)C(C)C(N)=NC=C. The van der Waals surface area contributed by atoms with Crippen molar-refractivity contribution in [1.82, 2.24) is 0 Å². The van der Waals surface area contributed by atoms with E-state index < -0.39 is 0 Å². The highest BCUT2D eigenvalue weighted by atomic mass is 14.9.